The standard InChI is InChI=1S/C20H28N2O2/c23-19(18-8-7-16-5-1-2-6-17(16)13-18)22-12-9-20(24,15-22)14-21-10-3-4-11-21/h7-8,13,24H,1-6,9-12,14-15H2. The van der Waals surface area contributed by atoms with Crippen LogP contribution in [0.3, 0.4) is 0 Å². The normalized spacial score (nSPS) is 27.5. The van der Waals surface area contributed by atoms with Crippen LogP contribution in [-0.4, -0.2) is 59.1 Å². The molecule has 1 aromatic rings. The number of nitrogens with zero attached hydrogens (tertiary/aromatic N) is 2. The number of amides is 1. The van der Waals surface area contributed by atoms with E-state index in [9.17, 15) is 9.90 Å². The highest BCUT2D eigenvalue weighted by atomic mass is 16.3. The summed E-state index contributed by atoms with van der Waals surface area (Å²) in [6.45, 7) is 4.02. The molecule has 1 aromatic carbocycles. The lowest BCUT2D eigenvalue weighted by Crippen LogP contribution is -2.45. The summed E-state index contributed by atoms with van der Waals surface area (Å²) < 4.78 is 0. The fourth-order valence-electron chi connectivity index (χ4n) is 4.56. The van der Waals surface area contributed by atoms with E-state index in [2.05, 4.69) is 17.0 Å². The molecule has 0 saturated carbocycles. The predicted molar refractivity (Wildman–Crippen MR) is 94.2 cm³/mol. The monoisotopic (exact) mass is 328 g/mol. The Hall–Kier alpha value is -1.39. The molecular formula is C20H28N2O2. The van der Waals surface area contributed by atoms with Crippen LogP contribution >= 0.6 is 0 Å². The van der Waals surface area contributed by atoms with Crippen LogP contribution < -0.4 is 0 Å². The first-order chi connectivity index (χ1) is 11.6. The van der Waals surface area contributed by atoms with E-state index in [0.29, 0.717) is 26.1 Å². The molecule has 1 aliphatic carbocycles. The van der Waals surface area contributed by atoms with Crippen molar-refractivity contribution in [3.05, 3.63) is 34.9 Å². The van der Waals surface area contributed by atoms with Crippen molar-refractivity contribution in [2.24, 2.45) is 0 Å². The Balaban J connectivity index is 1.43. The second kappa shape index (κ2) is 6.49. The molecule has 4 rings (SSSR count). The minimum absolute atomic E-state index is 0.0840. The molecule has 1 amide bonds. The van der Waals surface area contributed by atoms with Gasteiger partial charge in [-0.25, -0.2) is 0 Å². The van der Waals surface area contributed by atoms with E-state index in [1.165, 1.54) is 36.8 Å². The Kier molecular flexibility index (Phi) is 4.35. The number of hydrogen-bond donors (Lipinski definition) is 1. The number of rotatable bonds is 3. The average molecular weight is 328 g/mol. The zero-order valence-corrected chi connectivity index (χ0v) is 14.5. The molecule has 1 unspecified atom stereocenters. The number of β-amino-alcohol motifs (C(OH)–C–C–N with tert-alkyl or cyclic N) is 1. The topological polar surface area (TPSA) is 43.8 Å². The number of likely N-dealkylation sites (tertiary alicyclic amines) is 2. The molecule has 0 aromatic heterocycles. The zero-order chi connectivity index (χ0) is 16.6. The average Bonchev–Trinajstić information content (AvgIpc) is 3.24. The van der Waals surface area contributed by atoms with Gasteiger partial charge in [-0.3, -0.25) is 4.79 Å². The summed E-state index contributed by atoms with van der Waals surface area (Å²) in [6.07, 6.45) is 7.88. The van der Waals surface area contributed by atoms with Gasteiger partial charge in [0.15, 0.2) is 0 Å². The van der Waals surface area contributed by atoms with Crippen molar-refractivity contribution >= 4 is 5.91 Å². The third-order valence-corrected chi connectivity index (χ3v) is 5.93. The maximum absolute atomic E-state index is 12.9. The second-order valence-electron chi connectivity index (χ2n) is 7.87. The predicted octanol–water partition coefficient (Wildman–Crippen LogP) is 2.24. The summed E-state index contributed by atoms with van der Waals surface area (Å²) >= 11 is 0. The highest BCUT2D eigenvalue weighted by Crippen LogP contribution is 2.27. The molecule has 2 heterocycles. The van der Waals surface area contributed by atoms with E-state index in [1.807, 2.05) is 11.0 Å². The lowest BCUT2D eigenvalue weighted by Gasteiger charge is -2.28. The Labute approximate surface area is 144 Å². The van der Waals surface area contributed by atoms with Gasteiger partial charge in [-0.05, 0) is 81.3 Å². The molecule has 24 heavy (non-hydrogen) atoms. The van der Waals surface area contributed by atoms with E-state index < -0.39 is 5.60 Å². The smallest absolute Gasteiger partial charge is 0.253 e. The van der Waals surface area contributed by atoms with Crippen LogP contribution in [0.15, 0.2) is 18.2 Å². The fourth-order valence-corrected chi connectivity index (χ4v) is 4.56. The first-order valence-electron chi connectivity index (χ1n) is 9.49. The van der Waals surface area contributed by atoms with E-state index in [4.69, 9.17) is 0 Å². The lowest BCUT2D eigenvalue weighted by atomic mass is 9.90. The molecule has 0 spiro atoms. The van der Waals surface area contributed by atoms with Gasteiger partial charge in [-0.1, -0.05) is 6.07 Å². The van der Waals surface area contributed by atoms with Crippen LogP contribution in [0.2, 0.25) is 0 Å². The fraction of sp³-hybridized carbons (Fsp3) is 0.650. The van der Waals surface area contributed by atoms with Crippen molar-refractivity contribution in [2.75, 3.05) is 32.7 Å². The molecule has 1 N–H and O–H groups in total. The summed E-state index contributed by atoms with van der Waals surface area (Å²) in [5.74, 6) is 0.0840. The quantitative estimate of drug-likeness (QED) is 0.925. The highest BCUT2D eigenvalue weighted by molar-refractivity contribution is 5.94. The summed E-state index contributed by atoms with van der Waals surface area (Å²) in [6, 6.07) is 6.20. The highest BCUT2D eigenvalue weighted by Gasteiger charge is 2.40. The van der Waals surface area contributed by atoms with Crippen LogP contribution in [0, 0.1) is 0 Å². The minimum Gasteiger partial charge on any atom is -0.387 e. The first kappa shape index (κ1) is 16.1. The largest absolute Gasteiger partial charge is 0.387 e. The third kappa shape index (κ3) is 3.22. The summed E-state index contributed by atoms with van der Waals surface area (Å²) in [5.41, 5.74) is 2.82. The van der Waals surface area contributed by atoms with Crippen LogP contribution in [0.25, 0.3) is 0 Å². The molecule has 4 heteroatoms. The molecule has 0 bridgehead atoms. The van der Waals surface area contributed by atoms with Crippen LogP contribution in [-0.2, 0) is 12.8 Å². The summed E-state index contributed by atoms with van der Waals surface area (Å²) in [7, 11) is 0. The van der Waals surface area contributed by atoms with Gasteiger partial charge in [-0.15, -0.1) is 0 Å². The molecule has 2 fully saturated rings. The first-order valence-corrected chi connectivity index (χ1v) is 9.49. The SMILES string of the molecule is O=C(c1ccc2c(c1)CCCC2)N1CCC(O)(CN2CCCC2)C1. The Morgan fingerprint density at radius 1 is 1.04 bits per heavy atom. The number of aryl methyl sites for hydroxylation is 2. The Bertz CT molecular complexity index is 624. The number of hydrogen-bond acceptors (Lipinski definition) is 3. The zero-order valence-electron chi connectivity index (χ0n) is 14.5. The van der Waals surface area contributed by atoms with Crippen LogP contribution in [0.4, 0.5) is 0 Å². The molecule has 4 nitrogen and oxygen atoms in total. The van der Waals surface area contributed by atoms with Gasteiger partial charge >= 0.3 is 0 Å². The van der Waals surface area contributed by atoms with Crippen molar-refractivity contribution in [1.82, 2.24) is 9.80 Å². The van der Waals surface area contributed by atoms with Gasteiger partial charge in [0, 0.05) is 18.7 Å². The summed E-state index contributed by atoms with van der Waals surface area (Å²) in [4.78, 5) is 17.0. The van der Waals surface area contributed by atoms with E-state index in [1.54, 1.807) is 0 Å². The van der Waals surface area contributed by atoms with Crippen molar-refractivity contribution < 1.29 is 9.90 Å². The number of benzene rings is 1. The second-order valence-corrected chi connectivity index (χ2v) is 7.87. The number of carbonyl (C=O) groups is 1. The van der Waals surface area contributed by atoms with Gasteiger partial charge in [0.1, 0.15) is 0 Å². The van der Waals surface area contributed by atoms with Gasteiger partial charge in [0.25, 0.3) is 5.91 Å². The third-order valence-electron chi connectivity index (χ3n) is 5.93. The van der Waals surface area contributed by atoms with E-state index >= 15 is 0 Å². The molecule has 2 aliphatic heterocycles. The van der Waals surface area contributed by atoms with Gasteiger partial charge in [0.05, 0.1) is 12.1 Å². The Morgan fingerprint density at radius 2 is 1.79 bits per heavy atom. The molecular weight excluding hydrogens is 300 g/mol. The van der Waals surface area contributed by atoms with Gasteiger partial charge in [-0.2, -0.15) is 0 Å². The Morgan fingerprint density at radius 3 is 2.58 bits per heavy atom. The van der Waals surface area contributed by atoms with Crippen LogP contribution in [0.1, 0.15) is 53.6 Å². The van der Waals surface area contributed by atoms with Crippen molar-refractivity contribution in [3.8, 4) is 0 Å². The molecule has 3 aliphatic rings. The van der Waals surface area contributed by atoms with Gasteiger partial charge in [0.2, 0.25) is 0 Å². The maximum atomic E-state index is 12.9. The molecule has 0 radical (unpaired) electrons. The number of fused-ring (bicyclic) bond motifs is 1. The van der Waals surface area contributed by atoms with Crippen molar-refractivity contribution in [1.29, 1.82) is 0 Å². The maximum Gasteiger partial charge on any atom is 0.253 e. The van der Waals surface area contributed by atoms with Crippen LogP contribution in [0.5, 0.6) is 0 Å². The number of aliphatic hydroxyl groups is 1. The van der Waals surface area contributed by atoms with Crippen molar-refractivity contribution in [3.63, 3.8) is 0 Å². The molecule has 130 valence electrons. The number of carbonyl (C=O) groups excluding carboxylic acids is 1. The molecule has 1 atom stereocenters. The minimum atomic E-state index is -0.728. The van der Waals surface area contributed by atoms with Gasteiger partial charge < -0.3 is 14.9 Å². The summed E-state index contributed by atoms with van der Waals surface area (Å²) in [5, 5.41) is 10.9. The molecule has 2 saturated heterocycles. The lowest BCUT2D eigenvalue weighted by molar-refractivity contribution is 0.0175. The van der Waals surface area contributed by atoms with Crippen molar-refractivity contribution in [2.45, 2.75) is 50.5 Å². The van der Waals surface area contributed by atoms with E-state index in [-0.39, 0.29) is 5.91 Å². The van der Waals surface area contributed by atoms with E-state index in [0.717, 1.165) is 31.5 Å².